The van der Waals surface area contributed by atoms with Gasteiger partial charge in [-0.05, 0) is 31.0 Å². The van der Waals surface area contributed by atoms with Gasteiger partial charge in [0.2, 0.25) is 0 Å². The van der Waals surface area contributed by atoms with Crippen LogP contribution in [0.2, 0.25) is 0 Å². The van der Waals surface area contributed by atoms with E-state index in [-0.39, 0.29) is 0 Å². The van der Waals surface area contributed by atoms with E-state index in [9.17, 15) is 0 Å². The molecule has 1 saturated carbocycles. The maximum absolute atomic E-state index is 3.58. The first-order chi connectivity index (χ1) is 6.88. The molecule has 2 N–H and O–H groups in total. The fourth-order valence-corrected chi connectivity index (χ4v) is 2.07. The van der Waals surface area contributed by atoms with Crippen LogP contribution in [0, 0.1) is 0 Å². The molecule has 76 valence electrons. The standard InChI is InChI=1S/C12H18N2/c1-13-11-7-4-8-12(9-11)14-10-5-2-3-6-10/h4,7-10,13-14H,2-3,5-6H2,1H3. The highest BCUT2D eigenvalue weighted by Gasteiger charge is 2.14. The summed E-state index contributed by atoms with van der Waals surface area (Å²) in [6, 6.07) is 9.17. The predicted molar refractivity (Wildman–Crippen MR) is 61.9 cm³/mol. The summed E-state index contributed by atoms with van der Waals surface area (Å²) in [6.07, 6.45) is 5.40. The van der Waals surface area contributed by atoms with Crippen LogP contribution in [-0.4, -0.2) is 13.1 Å². The Morgan fingerprint density at radius 3 is 2.57 bits per heavy atom. The Labute approximate surface area is 85.7 Å². The van der Waals surface area contributed by atoms with Gasteiger partial charge in [0.1, 0.15) is 0 Å². The summed E-state index contributed by atoms with van der Waals surface area (Å²) >= 11 is 0. The molecule has 0 saturated heterocycles. The molecule has 0 aliphatic heterocycles. The molecule has 0 spiro atoms. The van der Waals surface area contributed by atoms with E-state index in [1.165, 1.54) is 37.1 Å². The summed E-state index contributed by atoms with van der Waals surface area (Å²) in [7, 11) is 1.95. The van der Waals surface area contributed by atoms with Gasteiger partial charge in [0.15, 0.2) is 0 Å². The summed E-state index contributed by atoms with van der Waals surface area (Å²) in [5, 5.41) is 6.73. The van der Waals surface area contributed by atoms with Crippen LogP contribution in [-0.2, 0) is 0 Å². The average molecular weight is 190 g/mol. The molecule has 0 aromatic heterocycles. The van der Waals surface area contributed by atoms with Crippen molar-refractivity contribution in [2.24, 2.45) is 0 Å². The Balaban J connectivity index is 2.00. The third kappa shape index (κ3) is 2.19. The highest BCUT2D eigenvalue weighted by molar-refractivity contribution is 5.56. The van der Waals surface area contributed by atoms with Crippen LogP contribution in [0.15, 0.2) is 24.3 Å². The third-order valence-corrected chi connectivity index (χ3v) is 2.88. The quantitative estimate of drug-likeness (QED) is 0.765. The van der Waals surface area contributed by atoms with Crippen molar-refractivity contribution in [3.05, 3.63) is 24.3 Å². The number of benzene rings is 1. The smallest absolute Gasteiger partial charge is 0.0363 e. The number of rotatable bonds is 3. The number of nitrogens with one attached hydrogen (secondary N) is 2. The molecule has 14 heavy (non-hydrogen) atoms. The van der Waals surface area contributed by atoms with Gasteiger partial charge in [0.25, 0.3) is 0 Å². The highest BCUT2D eigenvalue weighted by atomic mass is 14.9. The fraction of sp³-hybridized carbons (Fsp3) is 0.500. The van der Waals surface area contributed by atoms with E-state index < -0.39 is 0 Å². The second-order valence-electron chi connectivity index (χ2n) is 3.96. The minimum Gasteiger partial charge on any atom is -0.388 e. The Bertz CT molecular complexity index is 290. The summed E-state index contributed by atoms with van der Waals surface area (Å²) in [5.41, 5.74) is 2.41. The van der Waals surface area contributed by atoms with Crippen molar-refractivity contribution >= 4 is 11.4 Å². The molecular weight excluding hydrogens is 172 g/mol. The van der Waals surface area contributed by atoms with Crippen molar-refractivity contribution in [3.8, 4) is 0 Å². The van der Waals surface area contributed by atoms with Gasteiger partial charge in [-0.1, -0.05) is 18.9 Å². The molecule has 1 aliphatic rings. The Kier molecular flexibility index (Phi) is 2.92. The maximum atomic E-state index is 3.58. The number of hydrogen-bond donors (Lipinski definition) is 2. The summed E-state index contributed by atoms with van der Waals surface area (Å²) < 4.78 is 0. The fourth-order valence-electron chi connectivity index (χ4n) is 2.07. The number of anilines is 2. The first-order valence-electron chi connectivity index (χ1n) is 5.43. The maximum Gasteiger partial charge on any atom is 0.0363 e. The first-order valence-corrected chi connectivity index (χ1v) is 5.43. The zero-order valence-electron chi connectivity index (χ0n) is 8.72. The summed E-state index contributed by atoms with van der Waals surface area (Å²) in [6.45, 7) is 0. The van der Waals surface area contributed by atoms with Crippen LogP contribution < -0.4 is 10.6 Å². The lowest BCUT2D eigenvalue weighted by atomic mass is 10.2. The van der Waals surface area contributed by atoms with Crippen LogP contribution in [0.1, 0.15) is 25.7 Å². The zero-order chi connectivity index (χ0) is 9.80. The Morgan fingerprint density at radius 2 is 1.86 bits per heavy atom. The first kappa shape index (κ1) is 9.38. The molecule has 2 nitrogen and oxygen atoms in total. The molecule has 1 aliphatic carbocycles. The van der Waals surface area contributed by atoms with Crippen molar-refractivity contribution in [3.63, 3.8) is 0 Å². The highest BCUT2D eigenvalue weighted by Crippen LogP contribution is 2.23. The molecule has 0 atom stereocenters. The van der Waals surface area contributed by atoms with Crippen LogP contribution in [0.25, 0.3) is 0 Å². The third-order valence-electron chi connectivity index (χ3n) is 2.88. The molecule has 0 bridgehead atoms. The minimum absolute atomic E-state index is 0.696. The van der Waals surface area contributed by atoms with Gasteiger partial charge < -0.3 is 10.6 Å². The van der Waals surface area contributed by atoms with Crippen LogP contribution in [0.4, 0.5) is 11.4 Å². The van der Waals surface area contributed by atoms with Gasteiger partial charge in [0.05, 0.1) is 0 Å². The Morgan fingerprint density at radius 1 is 1.14 bits per heavy atom. The van der Waals surface area contributed by atoms with Gasteiger partial charge in [0, 0.05) is 24.5 Å². The summed E-state index contributed by atoms with van der Waals surface area (Å²) in [5.74, 6) is 0. The van der Waals surface area contributed by atoms with E-state index in [1.54, 1.807) is 0 Å². The lowest BCUT2D eigenvalue weighted by Gasteiger charge is -2.14. The molecule has 1 aromatic carbocycles. The molecule has 2 heteroatoms. The van der Waals surface area contributed by atoms with E-state index in [2.05, 4.69) is 34.9 Å². The predicted octanol–water partition coefficient (Wildman–Crippen LogP) is 3.08. The summed E-state index contributed by atoms with van der Waals surface area (Å²) in [4.78, 5) is 0. The molecule has 0 unspecified atom stereocenters. The SMILES string of the molecule is CNc1cccc(NC2CCCC2)c1. The number of hydrogen-bond acceptors (Lipinski definition) is 2. The lowest BCUT2D eigenvalue weighted by molar-refractivity contribution is 0.755. The molecule has 0 heterocycles. The molecule has 0 amide bonds. The van der Waals surface area contributed by atoms with E-state index in [4.69, 9.17) is 0 Å². The van der Waals surface area contributed by atoms with Crippen LogP contribution >= 0.6 is 0 Å². The van der Waals surface area contributed by atoms with Crippen molar-refractivity contribution < 1.29 is 0 Å². The van der Waals surface area contributed by atoms with Crippen molar-refractivity contribution in [2.75, 3.05) is 17.7 Å². The normalized spacial score (nSPS) is 16.9. The molecular formula is C12H18N2. The molecule has 1 aromatic rings. The van der Waals surface area contributed by atoms with Crippen LogP contribution in [0.5, 0.6) is 0 Å². The van der Waals surface area contributed by atoms with E-state index in [0.717, 1.165) is 0 Å². The second kappa shape index (κ2) is 4.36. The largest absolute Gasteiger partial charge is 0.388 e. The van der Waals surface area contributed by atoms with Gasteiger partial charge in [-0.2, -0.15) is 0 Å². The van der Waals surface area contributed by atoms with Crippen molar-refractivity contribution in [1.82, 2.24) is 0 Å². The second-order valence-corrected chi connectivity index (χ2v) is 3.96. The van der Waals surface area contributed by atoms with E-state index in [0.29, 0.717) is 6.04 Å². The molecule has 0 radical (unpaired) electrons. The Hall–Kier alpha value is -1.18. The van der Waals surface area contributed by atoms with Crippen molar-refractivity contribution in [1.29, 1.82) is 0 Å². The van der Waals surface area contributed by atoms with Gasteiger partial charge in [-0.15, -0.1) is 0 Å². The zero-order valence-corrected chi connectivity index (χ0v) is 8.72. The van der Waals surface area contributed by atoms with Crippen molar-refractivity contribution in [2.45, 2.75) is 31.7 Å². The van der Waals surface area contributed by atoms with Gasteiger partial charge in [-0.25, -0.2) is 0 Å². The molecule has 2 rings (SSSR count). The van der Waals surface area contributed by atoms with E-state index >= 15 is 0 Å². The minimum atomic E-state index is 0.696. The van der Waals surface area contributed by atoms with E-state index in [1.807, 2.05) is 7.05 Å². The lowest BCUT2D eigenvalue weighted by Crippen LogP contribution is -2.14. The van der Waals surface area contributed by atoms with Crippen LogP contribution in [0.3, 0.4) is 0 Å². The van der Waals surface area contributed by atoms with Gasteiger partial charge >= 0.3 is 0 Å². The average Bonchev–Trinajstić information content (AvgIpc) is 2.71. The van der Waals surface area contributed by atoms with Gasteiger partial charge in [-0.3, -0.25) is 0 Å². The topological polar surface area (TPSA) is 24.1 Å². The molecule has 1 fully saturated rings. The monoisotopic (exact) mass is 190 g/mol.